The molecular weight excluding hydrogens is 444 g/mol. The molecule has 0 saturated heterocycles. The van der Waals surface area contributed by atoms with Crippen molar-refractivity contribution in [2.24, 2.45) is 0 Å². The molecule has 0 aromatic carbocycles. The first-order valence-corrected chi connectivity index (χ1v) is 11.6. The minimum Gasteiger partial charge on any atom is -0.507 e. The van der Waals surface area contributed by atoms with E-state index in [1.165, 1.54) is 30.7 Å². The standard InChI is InChI=1S/C24H30N2O6S/c1-5-6-10-20-26-14-17(33-20)12-16(3)22(28)21-18(27)13-19(32-23(21)29)15(2)9-7-8-11-25-24(30)31-4/h8,11-15,27H,5-7,9-10H2,1-4H3,(H,25,30)/b11-8+,16-12?. The van der Waals surface area contributed by atoms with Gasteiger partial charge < -0.3 is 14.3 Å². The van der Waals surface area contributed by atoms with Crippen molar-refractivity contribution >= 4 is 29.3 Å². The molecule has 0 aliphatic heterocycles. The number of amides is 1. The van der Waals surface area contributed by atoms with Gasteiger partial charge in [0.05, 0.1) is 12.1 Å². The lowest BCUT2D eigenvalue weighted by Gasteiger charge is -2.11. The Labute approximate surface area is 197 Å². The highest BCUT2D eigenvalue weighted by Gasteiger charge is 2.22. The van der Waals surface area contributed by atoms with E-state index < -0.39 is 23.3 Å². The summed E-state index contributed by atoms with van der Waals surface area (Å²) in [6.45, 7) is 5.55. The summed E-state index contributed by atoms with van der Waals surface area (Å²) in [6, 6.07) is 1.32. The van der Waals surface area contributed by atoms with Crippen molar-refractivity contribution in [3.05, 3.63) is 61.7 Å². The average molecular weight is 475 g/mol. The zero-order valence-electron chi connectivity index (χ0n) is 19.3. The third kappa shape index (κ3) is 7.71. The van der Waals surface area contributed by atoms with Crippen molar-refractivity contribution in [2.45, 2.75) is 58.8 Å². The zero-order valence-corrected chi connectivity index (χ0v) is 20.2. The van der Waals surface area contributed by atoms with Crippen LogP contribution in [0, 0.1) is 0 Å². The molecule has 0 bridgehead atoms. The highest BCUT2D eigenvalue weighted by Crippen LogP contribution is 2.26. The lowest BCUT2D eigenvalue weighted by molar-refractivity contribution is 0.102. The Kier molecular flexibility index (Phi) is 10.1. The Bertz CT molecular complexity index is 1080. The van der Waals surface area contributed by atoms with Gasteiger partial charge in [0.25, 0.3) is 0 Å². The molecule has 2 aromatic rings. The Morgan fingerprint density at radius 1 is 1.39 bits per heavy atom. The number of hydrogen-bond acceptors (Lipinski definition) is 8. The van der Waals surface area contributed by atoms with Gasteiger partial charge in [-0.15, -0.1) is 11.3 Å². The highest BCUT2D eigenvalue weighted by atomic mass is 32.1. The maximum Gasteiger partial charge on any atom is 0.410 e. The van der Waals surface area contributed by atoms with Gasteiger partial charge in [-0.3, -0.25) is 10.1 Å². The predicted molar refractivity (Wildman–Crippen MR) is 128 cm³/mol. The molecule has 1 unspecified atom stereocenters. The Balaban J connectivity index is 2.09. The number of aromatic hydroxyl groups is 1. The number of carbonyl (C=O) groups excluding carboxylic acids is 2. The van der Waals surface area contributed by atoms with Gasteiger partial charge in [-0.05, 0) is 44.3 Å². The fourth-order valence-corrected chi connectivity index (χ4v) is 3.98. The fraction of sp³-hybridized carbons (Fsp3) is 0.417. The number of hydrogen-bond donors (Lipinski definition) is 2. The zero-order chi connectivity index (χ0) is 24.4. The van der Waals surface area contributed by atoms with E-state index in [0.717, 1.165) is 29.1 Å². The first kappa shape index (κ1) is 26.1. The molecule has 2 heterocycles. The van der Waals surface area contributed by atoms with Crippen molar-refractivity contribution in [1.29, 1.82) is 0 Å². The number of thiazole rings is 1. The van der Waals surface area contributed by atoms with Crippen LogP contribution in [0.2, 0.25) is 0 Å². The molecule has 1 atom stereocenters. The molecule has 1 amide bonds. The van der Waals surface area contributed by atoms with Crippen LogP contribution in [0.25, 0.3) is 6.08 Å². The van der Waals surface area contributed by atoms with Crippen LogP contribution in [-0.4, -0.2) is 29.1 Å². The number of unbranched alkanes of at least 4 members (excludes halogenated alkanes) is 1. The molecule has 33 heavy (non-hydrogen) atoms. The van der Waals surface area contributed by atoms with Crippen LogP contribution in [0.5, 0.6) is 5.75 Å². The van der Waals surface area contributed by atoms with Crippen LogP contribution in [0.4, 0.5) is 4.79 Å². The van der Waals surface area contributed by atoms with E-state index >= 15 is 0 Å². The maximum atomic E-state index is 12.8. The third-order valence-corrected chi connectivity index (χ3v) is 5.97. The summed E-state index contributed by atoms with van der Waals surface area (Å²) in [5.74, 6) is -0.888. The maximum absolute atomic E-state index is 12.8. The van der Waals surface area contributed by atoms with Gasteiger partial charge in [-0.1, -0.05) is 26.3 Å². The van der Waals surface area contributed by atoms with Crippen molar-refractivity contribution < 1.29 is 23.8 Å². The van der Waals surface area contributed by atoms with Gasteiger partial charge in [0.1, 0.15) is 17.1 Å². The second-order valence-corrected chi connectivity index (χ2v) is 8.78. The number of nitrogens with one attached hydrogen (secondary N) is 1. The SMILES string of the molecule is CCCCc1ncc(C=C(C)C(=O)c2c(O)cc(C(C)CC/C=C/NC(=O)OC)oc2=O)s1. The second-order valence-electron chi connectivity index (χ2n) is 7.63. The van der Waals surface area contributed by atoms with Crippen LogP contribution < -0.4 is 10.9 Å². The van der Waals surface area contributed by atoms with E-state index in [0.29, 0.717) is 18.4 Å². The normalized spacial score (nSPS) is 12.7. The van der Waals surface area contributed by atoms with Gasteiger partial charge in [-0.25, -0.2) is 14.6 Å². The first-order chi connectivity index (χ1) is 15.8. The third-order valence-electron chi connectivity index (χ3n) is 4.97. The molecule has 2 aromatic heterocycles. The van der Waals surface area contributed by atoms with E-state index in [1.807, 2.05) is 6.92 Å². The molecule has 8 nitrogen and oxygen atoms in total. The highest BCUT2D eigenvalue weighted by molar-refractivity contribution is 7.12. The predicted octanol–water partition coefficient (Wildman–Crippen LogP) is 5.18. The number of aromatic nitrogens is 1. The van der Waals surface area contributed by atoms with Crippen LogP contribution in [0.1, 0.15) is 78.4 Å². The number of aryl methyl sites for hydroxylation is 1. The number of rotatable bonds is 11. The quantitative estimate of drug-likeness (QED) is 0.340. The van der Waals surface area contributed by atoms with Gasteiger partial charge >= 0.3 is 11.7 Å². The lowest BCUT2D eigenvalue weighted by atomic mass is 10.00. The van der Waals surface area contributed by atoms with Crippen LogP contribution in [0.15, 0.2) is 39.3 Å². The molecule has 0 saturated carbocycles. The number of carbonyl (C=O) groups is 2. The first-order valence-electron chi connectivity index (χ1n) is 10.8. The van der Waals surface area contributed by atoms with E-state index in [-0.39, 0.29) is 17.2 Å². The molecular formula is C24H30N2O6S. The Hall–Kier alpha value is -3.20. The topological polar surface area (TPSA) is 119 Å². The van der Waals surface area contributed by atoms with Crippen molar-refractivity contribution in [1.82, 2.24) is 10.3 Å². The molecule has 0 radical (unpaired) electrons. The van der Waals surface area contributed by atoms with E-state index in [9.17, 15) is 19.5 Å². The summed E-state index contributed by atoms with van der Waals surface area (Å²) in [5.41, 5.74) is -0.935. The summed E-state index contributed by atoms with van der Waals surface area (Å²) in [4.78, 5) is 41.5. The molecule has 178 valence electrons. The number of Topliss-reactive ketones (excluding diaryl/α,β-unsaturated/α-hetero) is 1. The minimum absolute atomic E-state index is 0.189. The van der Waals surface area contributed by atoms with E-state index in [1.54, 1.807) is 25.3 Å². The van der Waals surface area contributed by atoms with Crippen LogP contribution in [0.3, 0.4) is 0 Å². The lowest BCUT2D eigenvalue weighted by Crippen LogP contribution is -2.16. The molecule has 2 rings (SSSR count). The van der Waals surface area contributed by atoms with Crippen LogP contribution in [-0.2, 0) is 11.2 Å². The number of ether oxygens (including phenoxy) is 1. The largest absolute Gasteiger partial charge is 0.507 e. The summed E-state index contributed by atoms with van der Waals surface area (Å²) in [5, 5.41) is 13.8. The smallest absolute Gasteiger partial charge is 0.410 e. The van der Waals surface area contributed by atoms with Crippen molar-refractivity contribution in [3.8, 4) is 5.75 Å². The Morgan fingerprint density at radius 3 is 2.82 bits per heavy atom. The van der Waals surface area contributed by atoms with Crippen LogP contribution >= 0.6 is 11.3 Å². The summed E-state index contributed by atoms with van der Waals surface area (Å²) in [7, 11) is 1.27. The van der Waals surface area contributed by atoms with E-state index in [4.69, 9.17) is 4.42 Å². The molecule has 0 aliphatic rings. The average Bonchev–Trinajstić information content (AvgIpc) is 3.23. The number of ketones is 1. The van der Waals surface area contributed by atoms with E-state index in [2.05, 4.69) is 22.0 Å². The summed E-state index contributed by atoms with van der Waals surface area (Å²) >= 11 is 1.50. The number of nitrogens with zero attached hydrogens (tertiary/aromatic N) is 1. The number of alkyl carbamates (subject to hydrolysis) is 1. The second kappa shape index (κ2) is 12.7. The van der Waals surface area contributed by atoms with Gasteiger partial charge in [-0.2, -0.15) is 0 Å². The Morgan fingerprint density at radius 2 is 2.15 bits per heavy atom. The number of methoxy groups -OCH3 is 1. The van der Waals surface area contributed by atoms with Gasteiger partial charge in [0.2, 0.25) is 0 Å². The summed E-state index contributed by atoms with van der Waals surface area (Å²) in [6.07, 6.45) is 10.2. The molecule has 2 N–H and O–H groups in total. The molecule has 0 fully saturated rings. The number of allylic oxidation sites excluding steroid dienone is 2. The van der Waals surface area contributed by atoms with Gasteiger partial charge in [0, 0.05) is 29.3 Å². The monoisotopic (exact) mass is 474 g/mol. The minimum atomic E-state index is -0.870. The van der Waals surface area contributed by atoms with Crippen molar-refractivity contribution in [3.63, 3.8) is 0 Å². The molecule has 0 aliphatic carbocycles. The van der Waals surface area contributed by atoms with Crippen molar-refractivity contribution in [2.75, 3.05) is 7.11 Å². The summed E-state index contributed by atoms with van der Waals surface area (Å²) < 4.78 is 9.80. The fourth-order valence-electron chi connectivity index (χ4n) is 3.02. The molecule has 0 spiro atoms. The molecule has 9 heteroatoms. The van der Waals surface area contributed by atoms with Gasteiger partial charge in [0.15, 0.2) is 5.78 Å².